The third kappa shape index (κ3) is 6.88. The molecule has 0 bridgehead atoms. The van der Waals surface area contributed by atoms with Gasteiger partial charge in [0.1, 0.15) is 17.0 Å². The van der Waals surface area contributed by atoms with Crippen LogP contribution in [0.5, 0.6) is 11.5 Å². The Balaban J connectivity index is 1.86. The molecule has 0 saturated heterocycles. The van der Waals surface area contributed by atoms with E-state index in [0.29, 0.717) is 27.6 Å². The predicted molar refractivity (Wildman–Crippen MR) is 140 cm³/mol. The molecule has 1 amide bonds. The lowest BCUT2D eigenvalue weighted by Gasteiger charge is -2.31. The number of ether oxygens (including phenoxy) is 1. The van der Waals surface area contributed by atoms with Gasteiger partial charge in [0.05, 0.1) is 25.2 Å². The molecule has 36 heavy (non-hydrogen) atoms. The Hall–Kier alpha value is -3.31. The number of sulfonamides is 1. The number of methoxy groups -OCH3 is 1. The largest absolute Gasteiger partial charge is 0.506 e. The van der Waals surface area contributed by atoms with Gasteiger partial charge in [-0.2, -0.15) is 0 Å². The van der Waals surface area contributed by atoms with Crippen molar-refractivity contribution in [3.8, 4) is 11.5 Å². The summed E-state index contributed by atoms with van der Waals surface area (Å²) >= 11 is 5.94. The number of halogens is 1. The molecule has 5 N–H and O–H groups in total. The molecule has 0 heterocycles. The third-order valence-electron chi connectivity index (χ3n) is 5.57. The van der Waals surface area contributed by atoms with Crippen LogP contribution < -0.4 is 20.1 Å². The number of aromatic hydroxyl groups is 1. The van der Waals surface area contributed by atoms with Crippen molar-refractivity contribution in [2.24, 2.45) is 0 Å². The molecule has 0 spiro atoms. The molecule has 0 aliphatic rings. The van der Waals surface area contributed by atoms with Crippen LogP contribution in [-0.2, 0) is 20.4 Å². The summed E-state index contributed by atoms with van der Waals surface area (Å²) < 4.78 is 30.6. The molecule has 3 aromatic rings. The molecular formula is C25H28ClN3O6S. The van der Waals surface area contributed by atoms with Crippen LogP contribution in [0.4, 0.5) is 11.4 Å². The minimum Gasteiger partial charge on any atom is -0.506 e. The van der Waals surface area contributed by atoms with Gasteiger partial charge in [-0.25, -0.2) is 8.42 Å². The molecule has 9 nitrogen and oxygen atoms in total. The fraction of sp³-hybridized carbons (Fsp3) is 0.240. The van der Waals surface area contributed by atoms with Gasteiger partial charge in [0.25, 0.3) is 0 Å². The molecule has 0 fully saturated rings. The molecule has 3 aromatic carbocycles. The lowest BCUT2D eigenvalue weighted by Crippen LogP contribution is -2.50. The predicted octanol–water partition coefficient (Wildman–Crippen LogP) is 3.60. The van der Waals surface area contributed by atoms with E-state index in [1.165, 1.54) is 18.2 Å². The number of hydrogen-bond donors (Lipinski definition) is 5. The number of carbonyl (C=O) groups excluding carboxylic acids is 1. The van der Waals surface area contributed by atoms with Crippen LogP contribution in [0.15, 0.2) is 66.7 Å². The maximum atomic E-state index is 13.4. The Labute approximate surface area is 215 Å². The van der Waals surface area contributed by atoms with Gasteiger partial charge in [0.15, 0.2) is 0 Å². The van der Waals surface area contributed by atoms with Gasteiger partial charge >= 0.3 is 0 Å². The van der Waals surface area contributed by atoms with Gasteiger partial charge < -0.3 is 20.3 Å². The highest BCUT2D eigenvalue weighted by molar-refractivity contribution is 7.92. The van der Waals surface area contributed by atoms with Crippen LogP contribution in [0.25, 0.3) is 0 Å². The molecular weight excluding hydrogens is 506 g/mol. The fourth-order valence-corrected chi connectivity index (χ4v) is 4.18. The molecule has 11 heteroatoms. The first-order valence-corrected chi connectivity index (χ1v) is 13.1. The zero-order chi connectivity index (χ0) is 26.5. The molecule has 0 aliphatic carbocycles. The smallest absolute Gasteiger partial charge is 0.249 e. The topological polar surface area (TPSA) is 137 Å². The van der Waals surface area contributed by atoms with Crippen LogP contribution in [0, 0.1) is 0 Å². The second kappa shape index (κ2) is 11.2. The SMILES string of the molecule is COc1ccc([C@](C)(NCC(O)c2ccc(O)c(NS(C)(=O)=O)c2)C(=O)Nc2ccc(Cl)cc2)cc1. The van der Waals surface area contributed by atoms with Gasteiger partial charge in [-0.3, -0.25) is 14.8 Å². The number of benzene rings is 3. The molecule has 1 unspecified atom stereocenters. The van der Waals surface area contributed by atoms with E-state index < -0.39 is 21.7 Å². The summed E-state index contributed by atoms with van der Waals surface area (Å²) in [5.41, 5.74) is 0.153. The van der Waals surface area contributed by atoms with Crippen LogP contribution in [-0.4, -0.2) is 44.4 Å². The lowest BCUT2D eigenvalue weighted by molar-refractivity contribution is -0.122. The first-order chi connectivity index (χ1) is 16.9. The Morgan fingerprint density at radius 2 is 1.72 bits per heavy atom. The summed E-state index contributed by atoms with van der Waals surface area (Å²) in [6.07, 6.45) is -0.178. The van der Waals surface area contributed by atoms with Crippen LogP contribution in [0.3, 0.4) is 0 Å². The molecule has 2 atom stereocenters. The Morgan fingerprint density at radius 1 is 1.08 bits per heavy atom. The molecule has 0 saturated carbocycles. The number of hydrogen-bond acceptors (Lipinski definition) is 7. The minimum atomic E-state index is -3.64. The maximum absolute atomic E-state index is 13.4. The van der Waals surface area contributed by atoms with Gasteiger partial charge in [0.2, 0.25) is 15.9 Å². The van der Waals surface area contributed by atoms with Crippen molar-refractivity contribution < 1.29 is 28.2 Å². The molecule has 0 radical (unpaired) electrons. The third-order valence-corrected chi connectivity index (χ3v) is 6.42. The number of nitrogens with one attached hydrogen (secondary N) is 3. The summed E-state index contributed by atoms with van der Waals surface area (Å²) in [6.45, 7) is 1.61. The molecule has 0 aromatic heterocycles. The van der Waals surface area contributed by atoms with Crippen molar-refractivity contribution in [2.75, 3.05) is 29.9 Å². The fourth-order valence-electron chi connectivity index (χ4n) is 3.49. The standard InChI is InChI=1S/C25H28ClN3O6S/c1-25(17-5-11-20(35-2)12-6-17,24(32)28-19-9-7-18(26)8-10-19)27-15-23(31)16-4-13-22(30)21(14-16)29-36(3,33)34/h4-14,23,27,29-31H,15H2,1-3H3,(H,28,32)/t23?,25-/m0/s1. The van der Waals surface area contributed by atoms with Crippen LogP contribution in [0.1, 0.15) is 24.2 Å². The summed E-state index contributed by atoms with van der Waals surface area (Å²) in [5.74, 6) is -0.0451. The normalized spacial score (nSPS) is 13.9. The number of amides is 1. The number of carbonyl (C=O) groups is 1. The number of phenols is 1. The minimum absolute atomic E-state index is 0.0625. The van der Waals surface area contributed by atoms with Crippen LogP contribution in [0.2, 0.25) is 5.02 Å². The molecule has 3 rings (SSSR count). The maximum Gasteiger partial charge on any atom is 0.249 e. The van der Waals surface area contributed by atoms with E-state index in [2.05, 4.69) is 15.4 Å². The Bertz CT molecular complexity index is 1320. The molecule has 192 valence electrons. The van der Waals surface area contributed by atoms with Gasteiger partial charge in [-0.15, -0.1) is 0 Å². The highest BCUT2D eigenvalue weighted by Gasteiger charge is 2.35. The van der Waals surface area contributed by atoms with Gasteiger partial charge in [-0.1, -0.05) is 29.8 Å². The quantitative estimate of drug-likeness (QED) is 0.251. The van der Waals surface area contributed by atoms with Crippen molar-refractivity contribution >= 4 is 38.9 Å². The summed E-state index contributed by atoms with van der Waals surface area (Å²) in [7, 11) is -2.10. The van der Waals surface area contributed by atoms with Crippen molar-refractivity contribution in [1.29, 1.82) is 0 Å². The van der Waals surface area contributed by atoms with E-state index in [-0.39, 0.29) is 23.9 Å². The van der Waals surface area contributed by atoms with E-state index in [4.69, 9.17) is 16.3 Å². The van der Waals surface area contributed by atoms with E-state index in [1.807, 2.05) is 0 Å². The highest BCUT2D eigenvalue weighted by Crippen LogP contribution is 2.30. The second-order valence-corrected chi connectivity index (χ2v) is 10.5. The van der Waals surface area contributed by atoms with Crippen molar-refractivity contribution in [1.82, 2.24) is 5.32 Å². The van der Waals surface area contributed by atoms with Crippen LogP contribution >= 0.6 is 11.6 Å². The summed E-state index contributed by atoms with van der Waals surface area (Å²) in [4.78, 5) is 13.4. The highest BCUT2D eigenvalue weighted by atomic mass is 35.5. The lowest BCUT2D eigenvalue weighted by atomic mass is 9.90. The zero-order valence-corrected chi connectivity index (χ0v) is 21.5. The molecule has 0 aliphatic heterocycles. The monoisotopic (exact) mass is 533 g/mol. The number of phenolic OH excluding ortho intramolecular Hbond substituents is 1. The van der Waals surface area contributed by atoms with E-state index in [0.717, 1.165) is 6.26 Å². The summed E-state index contributed by atoms with van der Waals surface area (Å²) in [6, 6.07) is 17.7. The number of rotatable bonds is 10. The number of anilines is 2. The van der Waals surface area contributed by atoms with Gasteiger partial charge in [0, 0.05) is 17.3 Å². The number of aliphatic hydroxyl groups excluding tert-OH is 1. The Kier molecular flexibility index (Phi) is 8.47. The number of aliphatic hydroxyl groups is 1. The summed E-state index contributed by atoms with van der Waals surface area (Å²) in [5, 5.41) is 27.3. The average Bonchev–Trinajstić information content (AvgIpc) is 2.84. The first-order valence-electron chi connectivity index (χ1n) is 10.9. The van der Waals surface area contributed by atoms with E-state index >= 15 is 0 Å². The average molecular weight is 534 g/mol. The van der Waals surface area contributed by atoms with E-state index in [9.17, 15) is 23.4 Å². The van der Waals surface area contributed by atoms with E-state index in [1.54, 1.807) is 62.6 Å². The van der Waals surface area contributed by atoms with Crippen molar-refractivity contribution in [3.05, 3.63) is 82.9 Å². The van der Waals surface area contributed by atoms with Crippen molar-refractivity contribution in [2.45, 2.75) is 18.6 Å². The van der Waals surface area contributed by atoms with Gasteiger partial charge in [-0.05, 0) is 66.6 Å². The first kappa shape index (κ1) is 27.3. The van der Waals surface area contributed by atoms with Crippen molar-refractivity contribution in [3.63, 3.8) is 0 Å². The Morgan fingerprint density at radius 3 is 2.31 bits per heavy atom. The second-order valence-electron chi connectivity index (χ2n) is 8.36. The zero-order valence-electron chi connectivity index (χ0n) is 19.9.